The SMILES string of the molecule is COc1ccc(S(=O)(=O)N(CC(=O)N(Cc2c(Cl)cccc2Cl)C(C)C(=O)NC(C)(C)C)c2ccc(F)cc2)cc1. The molecule has 41 heavy (non-hydrogen) atoms. The molecule has 8 nitrogen and oxygen atoms in total. The normalized spacial score (nSPS) is 12.4. The highest BCUT2D eigenvalue weighted by molar-refractivity contribution is 7.92. The standard InChI is InChI=1S/C29H32Cl2FN3O5S/c1-19(28(37)33-29(2,3)4)34(17-24-25(30)7-6-8-26(24)31)27(36)18-35(21-11-9-20(32)10-12-21)41(38,39)23-15-13-22(40-5)14-16-23/h6-16,19H,17-18H2,1-5H3,(H,33,37). The van der Waals surface area contributed by atoms with Gasteiger partial charge in [0.15, 0.2) is 0 Å². The first-order valence-electron chi connectivity index (χ1n) is 12.6. The number of nitrogens with one attached hydrogen (secondary N) is 1. The summed E-state index contributed by atoms with van der Waals surface area (Å²) in [6.07, 6.45) is 0. The maximum atomic E-state index is 14.0. The van der Waals surface area contributed by atoms with Crippen molar-refractivity contribution in [2.75, 3.05) is 18.0 Å². The maximum Gasteiger partial charge on any atom is 0.264 e. The smallest absolute Gasteiger partial charge is 0.264 e. The van der Waals surface area contributed by atoms with Crippen molar-refractivity contribution < 1.29 is 27.1 Å². The summed E-state index contributed by atoms with van der Waals surface area (Å²) >= 11 is 12.8. The summed E-state index contributed by atoms with van der Waals surface area (Å²) in [5, 5.41) is 3.40. The molecule has 220 valence electrons. The number of benzene rings is 3. The fourth-order valence-electron chi connectivity index (χ4n) is 3.92. The lowest BCUT2D eigenvalue weighted by Gasteiger charge is -2.33. The van der Waals surface area contributed by atoms with E-state index in [4.69, 9.17) is 27.9 Å². The molecule has 0 fully saturated rings. The fraction of sp³-hybridized carbons (Fsp3) is 0.310. The monoisotopic (exact) mass is 623 g/mol. The Kier molecular flexibility index (Phi) is 10.3. The number of hydrogen-bond acceptors (Lipinski definition) is 5. The number of halogens is 3. The highest BCUT2D eigenvalue weighted by Gasteiger charge is 2.34. The summed E-state index contributed by atoms with van der Waals surface area (Å²) in [4.78, 5) is 28.3. The van der Waals surface area contributed by atoms with E-state index in [1.165, 1.54) is 55.3 Å². The lowest BCUT2D eigenvalue weighted by Crippen LogP contribution is -2.54. The van der Waals surface area contributed by atoms with Crippen molar-refractivity contribution in [2.24, 2.45) is 0 Å². The Morgan fingerprint density at radius 3 is 2.05 bits per heavy atom. The number of carbonyl (C=O) groups excluding carboxylic acids is 2. The van der Waals surface area contributed by atoms with Crippen LogP contribution in [0.5, 0.6) is 5.75 Å². The molecular formula is C29H32Cl2FN3O5S. The molecule has 0 aliphatic rings. The molecule has 2 amide bonds. The maximum absolute atomic E-state index is 14.0. The van der Waals surface area contributed by atoms with Gasteiger partial charge in [0.1, 0.15) is 24.2 Å². The molecule has 0 radical (unpaired) electrons. The Morgan fingerprint density at radius 1 is 0.976 bits per heavy atom. The third-order valence-corrected chi connectivity index (χ3v) is 8.59. The molecule has 0 heterocycles. The lowest BCUT2D eigenvalue weighted by molar-refractivity contribution is -0.140. The molecule has 1 atom stereocenters. The summed E-state index contributed by atoms with van der Waals surface area (Å²) in [6, 6.07) is 14.2. The first-order valence-corrected chi connectivity index (χ1v) is 14.8. The predicted molar refractivity (Wildman–Crippen MR) is 158 cm³/mol. The van der Waals surface area contributed by atoms with Crippen LogP contribution in [0.2, 0.25) is 10.0 Å². The van der Waals surface area contributed by atoms with Crippen LogP contribution in [0.3, 0.4) is 0 Å². The van der Waals surface area contributed by atoms with Gasteiger partial charge in [-0.25, -0.2) is 12.8 Å². The molecule has 0 aliphatic carbocycles. The van der Waals surface area contributed by atoms with Crippen LogP contribution in [0.4, 0.5) is 10.1 Å². The zero-order chi connectivity index (χ0) is 30.5. The molecule has 1 N–H and O–H groups in total. The minimum absolute atomic E-state index is 0.0538. The van der Waals surface area contributed by atoms with E-state index >= 15 is 0 Å². The van der Waals surface area contributed by atoms with E-state index in [0.717, 1.165) is 16.4 Å². The fourth-order valence-corrected chi connectivity index (χ4v) is 5.85. The number of methoxy groups -OCH3 is 1. The van der Waals surface area contributed by atoms with Gasteiger partial charge in [-0.15, -0.1) is 0 Å². The lowest BCUT2D eigenvalue weighted by atomic mass is 10.1. The van der Waals surface area contributed by atoms with Crippen molar-refractivity contribution in [1.82, 2.24) is 10.2 Å². The zero-order valence-corrected chi connectivity index (χ0v) is 25.6. The Morgan fingerprint density at radius 2 is 1.54 bits per heavy atom. The molecule has 0 spiro atoms. The highest BCUT2D eigenvalue weighted by atomic mass is 35.5. The van der Waals surface area contributed by atoms with Gasteiger partial charge in [-0.05, 0) is 88.4 Å². The highest BCUT2D eigenvalue weighted by Crippen LogP contribution is 2.29. The third-order valence-electron chi connectivity index (χ3n) is 6.10. The number of ether oxygens (including phenoxy) is 1. The van der Waals surface area contributed by atoms with Gasteiger partial charge in [0.25, 0.3) is 10.0 Å². The molecular weight excluding hydrogens is 592 g/mol. The van der Waals surface area contributed by atoms with Gasteiger partial charge in [-0.1, -0.05) is 29.3 Å². The molecule has 3 aromatic rings. The number of nitrogens with zero attached hydrogens (tertiary/aromatic N) is 2. The molecule has 1 unspecified atom stereocenters. The number of anilines is 1. The van der Waals surface area contributed by atoms with Crippen LogP contribution in [0.25, 0.3) is 0 Å². The molecule has 0 saturated carbocycles. The van der Waals surface area contributed by atoms with E-state index in [1.54, 1.807) is 39.0 Å². The van der Waals surface area contributed by atoms with E-state index in [1.807, 2.05) is 0 Å². The second-order valence-electron chi connectivity index (χ2n) is 10.3. The average Bonchev–Trinajstić information content (AvgIpc) is 2.90. The molecule has 3 aromatic carbocycles. The summed E-state index contributed by atoms with van der Waals surface area (Å²) < 4.78 is 47.4. The second-order valence-corrected chi connectivity index (χ2v) is 13.0. The Labute approximate surface area is 250 Å². The van der Waals surface area contributed by atoms with Crippen molar-refractivity contribution in [3.05, 3.63) is 88.2 Å². The first-order chi connectivity index (χ1) is 19.1. The van der Waals surface area contributed by atoms with Gasteiger partial charge >= 0.3 is 0 Å². The van der Waals surface area contributed by atoms with Crippen LogP contribution in [-0.2, 0) is 26.2 Å². The van der Waals surface area contributed by atoms with Crippen LogP contribution < -0.4 is 14.4 Å². The van der Waals surface area contributed by atoms with Crippen molar-refractivity contribution in [3.8, 4) is 5.75 Å². The van der Waals surface area contributed by atoms with Gasteiger partial charge in [0, 0.05) is 27.7 Å². The average molecular weight is 625 g/mol. The summed E-state index contributed by atoms with van der Waals surface area (Å²) in [6.45, 7) is 6.06. The van der Waals surface area contributed by atoms with E-state index in [2.05, 4.69) is 5.32 Å². The van der Waals surface area contributed by atoms with E-state index < -0.39 is 45.8 Å². The van der Waals surface area contributed by atoms with Crippen molar-refractivity contribution in [1.29, 1.82) is 0 Å². The van der Waals surface area contributed by atoms with Crippen molar-refractivity contribution >= 4 is 50.7 Å². The summed E-state index contributed by atoms with van der Waals surface area (Å²) in [5.41, 5.74) is -0.149. The van der Waals surface area contributed by atoms with Crippen LogP contribution in [0.15, 0.2) is 71.6 Å². The van der Waals surface area contributed by atoms with Crippen molar-refractivity contribution in [2.45, 2.75) is 50.7 Å². The molecule has 0 aliphatic heterocycles. The minimum Gasteiger partial charge on any atom is -0.497 e. The summed E-state index contributed by atoms with van der Waals surface area (Å²) in [5.74, 6) is -1.31. The number of sulfonamides is 1. The van der Waals surface area contributed by atoms with Gasteiger partial charge in [0.05, 0.1) is 17.7 Å². The van der Waals surface area contributed by atoms with E-state index in [0.29, 0.717) is 11.3 Å². The Hall–Kier alpha value is -3.34. The number of rotatable bonds is 10. The number of amides is 2. The second kappa shape index (κ2) is 13.1. The van der Waals surface area contributed by atoms with Gasteiger partial charge < -0.3 is 15.0 Å². The number of hydrogen-bond donors (Lipinski definition) is 1. The quantitative estimate of drug-likeness (QED) is 0.314. The molecule has 12 heteroatoms. The van der Waals surface area contributed by atoms with Gasteiger partial charge in [-0.3, -0.25) is 13.9 Å². The van der Waals surface area contributed by atoms with Crippen LogP contribution in [-0.4, -0.2) is 50.4 Å². The van der Waals surface area contributed by atoms with Crippen LogP contribution in [0.1, 0.15) is 33.3 Å². The Balaban J connectivity index is 2.07. The predicted octanol–water partition coefficient (Wildman–Crippen LogP) is 5.67. The minimum atomic E-state index is -4.33. The zero-order valence-electron chi connectivity index (χ0n) is 23.3. The van der Waals surface area contributed by atoms with E-state index in [-0.39, 0.29) is 27.2 Å². The van der Waals surface area contributed by atoms with Crippen LogP contribution >= 0.6 is 23.2 Å². The third kappa shape index (κ3) is 8.12. The van der Waals surface area contributed by atoms with Gasteiger partial charge in [0.2, 0.25) is 11.8 Å². The molecule has 0 bridgehead atoms. The van der Waals surface area contributed by atoms with E-state index in [9.17, 15) is 22.4 Å². The molecule has 0 saturated heterocycles. The van der Waals surface area contributed by atoms with Crippen molar-refractivity contribution in [3.63, 3.8) is 0 Å². The molecule has 3 rings (SSSR count). The number of carbonyl (C=O) groups is 2. The Bertz CT molecular complexity index is 1470. The summed E-state index contributed by atoms with van der Waals surface area (Å²) in [7, 11) is -2.88. The molecule has 0 aromatic heterocycles. The first kappa shape index (κ1) is 32.2. The van der Waals surface area contributed by atoms with Crippen LogP contribution in [0, 0.1) is 5.82 Å². The largest absolute Gasteiger partial charge is 0.497 e. The topological polar surface area (TPSA) is 96.0 Å². The van der Waals surface area contributed by atoms with Gasteiger partial charge in [-0.2, -0.15) is 0 Å².